The molecule has 0 aromatic heterocycles. The van der Waals surface area contributed by atoms with E-state index in [0.717, 1.165) is 24.2 Å². The minimum atomic E-state index is 0.177. The molecule has 2 fully saturated rings. The van der Waals surface area contributed by atoms with E-state index >= 15 is 0 Å². The van der Waals surface area contributed by atoms with Crippen LogP contribution in [0.4, 0.5) is 0 Å². The topological polar surface area (TPSA) is 17.1 Å². The van der Waals surface area contributed by atoms with Gasteiger partial charge in [-0.25, -0.2) is 0 Å². The number of fused-ring (bicyclic) bond motifs is 2. The maximum Gasteiger partial charge on any atom is 0.152 e. The Morgan fingerprint density at radius 1 is 1.40 bits per heavy atom. The van der Waals surface area contributed by atoms with Gasteiger partial charge >= 0.3 is 0 Å². The number of hydrogen-bond donors (Lipinski definition) is 0. The van der Waals surface area contributed by atoms with Gasteiger partial charge in [-0.15, -0.1) is 0 Å². The largest absolute Gasteiger partial charge is 0.295 e. The van der Waals surface area contributed by atoms with Crippen molar-refractivity contribution in [3.05, 3.63) is 12.2 Å². The Labute approximate surface area is 92.9 Å². The van der Waals surface area contributed by atoms with Crippen molar-refractivity contribution in [2.45, 2.75) is 46.5 Å². The summed E-state index contributed by atoms with van der Waals surface area (Å²) in [4.78, 5) is 10.9. The molecule has 0 aliphatic heterocycles. The monoisotopic (exact) mass is 206 g/mol. The normalized spacial score (nSPS) is 37.7. The zero-order valence-corrected chi connectivity index (χ0v) is 10.1. The molecule has 0 N–H and O–H groups in total. The highest BCUT2D eigenvalue weighted by molar-refractivity contribution is 5.87. The molecule has 2 aliphatic carbocycles. The van der Waals surface area contributed by atoms with Gasteiger partial charge in [0, 0.05) is 0 Å². The van der Waals surface area contributed by atoms with Crippen LogP contribution in [0.25, 0.3) is 0 Å². The Morgan fingerprint density at radius 3 is 2.67 bits per heavy atom. The molecular formula is C14H22O. The van der Waals surface area contributed by atoms with Gasteiger partial charge in [-0.2, -0.15) is 0 Å². The third-order valence-corrected chi connectivity index (χ3v) is 4.79. The molecular weight excluding hydrogens is 184 g/mol. The van der Waals surface area contributed by atoms with Crippen molar-refractivity contribution in [3.8, 4) is 0 Å². The van der Waals surface area contributed by atoms with Gasteiger partial charge in [-0.1, -0.05) is 19.9 Å². The number of ketones is 1. The Bertz CT molecular complexity index is 288. The number of allylic oxidation sites excluding steroid dienone is 2. The predicted octanol–water partition coefficient (Wildman–Crippen LogP) is 3.59. The summed E-state index contributed by atoms with van der Waals surface area (Å²) in [5.41, 5.74) is 0.504. The SMILES string of the molecule is CC(=O)/C=C/C[C@@H]1[C@H]2CC[C@@H](C2)C1(C)C. The highest BCUT2D eigenvalue weighted by Crippen LogP contribution is 2.60. The summed E-state index contributed by atoms with van der Waals surface area (Å²) >= 11 is 0. The van der Waals surface area contributed by atoms with Gasteiger partial charge in [-0.3, -0.25) is 4.79 Å². The van der Waals surface area contributed by atoms with E-state index in [1.807, 2.05) is 0 Å². The lowest BCUT2D eigenvalue weighted by molar-refractivity contribution is -0.112. The Hall–Kier alpha value is -0.590. The first-order valence-corrected chi connectivity index (χ1v) is 6.19. The predicted molar refractivity (Wildman–Crippen MR) is 62.5 cm³/mol. The second-order valence-corrected chi connectivity index (χ2v) is 5.95. The van der Waals surface area contributed by atoms with Crippen LogP contribution in [0.2, 0.25) is 0 Å². The molecule has 0 unspecified atom stereocenters. The molecule has 1 nitrogen and oxygen atoms in total. The van der Waals surface area contributed by atoms with Crippen LogP contribution in [0.3, 0.4) is 0 Å². The lowest BCUT2D eigenvalue weighted by Gasteiger charge is -2.37. The second-order valence-electron chi connectivity index (χ2n) is 5.95. The average Bonchev–Trinajstić information content (AvgIpc) is 2.66. The van der Waals surface area contributed by atoms with Crippen LogP contribution in [0.15, 0.2) is 12.2 Å². The minimum absolute atomic E-state index is 0.177. The van der Waals surface area contributed by atoms with E-state index < -0.39 is 0 Å². The molecule has 2 bridgehead atoms. The third kappa shape index (κ3) is 1.89. The van der Waals surface area contributed by atoms with Crippen LogP contribution >= 0.6 is 0 Å². The van der Waals surface area contributed by atoms with E-state index in [-0.39, 0.29) is 5.78 Å². The van der Waals surface area contributed by atoms with Gasteiger partial charge in [-0.05, 0) is 61.9 Å². The van der Waals surface area contributed by atoms with E-state index in [4.69, 9.17) is 0 Å². The maximum absolute atomic E-state index is 10.9. The molecule has 2 rings (SSSR count). The second kappa shape index (κ2) is 3.77. The van der Waals surface area contributed by atoms with Gasteiger partial charge in [0.05, 0.1) is 0 Å². The molecule has 84 valence electrons. The Balaban J connectivity index is 2.00. The van der Waals surface area contributed by atoms with E-state index in [9.17, 15) is 4.79 Å². The van der Waals surface area contributed by atoms with Gasteiger partial charge in [0.25, 0.3) is 0 Å². The summed E-state index contributed by atoms with van der Waals surface area (Å²) in [6.45, 7) is 6.47. The third-order valence-electron chi connectivity index (χ3n) is 4.79. The van der Waals surface area contributed by atoms with Crippen molar-refractivity contribution in [3.63, 3.8) is 0 Å². The fraction of sp³-hybridized carbons (Fsp3) is 0.786. The summed E-state index contributed by atoms with van der Waals surface area (Å²) in [6.07, 6.45) is 9.23. The first-order valence-electron chi connectivity index (χ1n) is 6.19. The van der Waals surface area contributed by atoms with Crippen molar-refractivity contribution in [1.82, 2.24) is 0 Å². The lowest BCUT2D eigenvalue weighted by Crippen LogP contribution is -2.30. The molecule has 2 saturated carbocycles. The molecule has 0 aromatic carbocycles. The molecule has 15 heavy (non-hydrogen) atoms. The van der Waals surface area contributed by atoms with Gasteiger partial charge < -0.3 is 0 Å². The molecule has 3 atom stereocenters. The smallest absolute Gasteiger partial charge is 0.152 e. The van der Waals surface area contributed by atoms with Crippen molar-refractivity contribution in [2.24, 2.45) is 23.2 Å². The molecule has 0 heterocycles. The van der Waals surface area contributed by atoms with Crippen LogP contribution in [0, 0.1) is 23.2 Å². The number of carbonyl (C=O) groups excluding carboxylic acids is 1. The Morgan fingerprint density at radius 2 is 2.13 bits per heavy atom. The molecule has 0 amide bonds. The van der Waals surface area contributed by atoms with E-state index in [1.165, 1.54) is 19.3 Å². The molecule has 2 aliphatic rings. The molecule has 1 heteroatoms. The van der Waals surface area contributed by atoms with E-state index in [2.05, 4.69) is 19.9 Å². The van der Waals surface area contributed by atoms with Crippen molar-refractivity contribution < 1.29 is 4.79 Å². The zero-order chi connectivity index (χ0) is 11.1. The van der Waals surface area contributed by atoms with Crippen LogP contribution in [-0.2, 0) is 4.79 Å². The summed E-state index contributed by atoms with van der Waals surface area (Å²) in [5, 5.41) is 0. The number of rotatable bonds is 3. The number of carbonyl (C=O) groups is 1. The zero-order valence-electron chi connectivity index (χ0n) is 10.1. The first-order chi connectivity index (χ1) is 7.01. The molecule has 0 saturated heterocycles. The molecule has 0 aromatic rings. The van der Waals surface area contributed by atoms with Crippen molar-refractivity contribution >= 4 is 5.78 Å². The van der Waals surface area contributed by atoms with Gasteiger partial charge in [0.15, 0.2) is 5.78 Å². The van der Waals surface area contributed by atoms with Crippen LogP contribution in [0.1, 0.15) is 46.5 Å². The summed E-state index contributed by atoms with van der Waals surface area (Å²) in [5.74, 6) is 2.86. The van der Waals surface area contributed by atoms with Crippen molar-refractivity contribution in [2.75, 3.05) is 0 Å². The summed E-state index contributed by atoms with van der Waals surface area (Å²) < 4.78 is 0. The highest BCUT2D eigenvalue weighted by atomic mass is 16.1. The fourth-order valence-corrected chi connectivity index (χ4v) is 3.84. The van der Waals surface area contributed by atoms with Crippen LogP contribution in [0.5, 0.6) is 0 Å². The first kappa shape index (κ1) is 10.9. The van der Waals surface area contributed by atoms with E-state index in [1.54, 1.807) is 13.0 Å². The van der Waals surface area contributed by atoms with E-state index in [0.29, 0.717) is 5.41 Å². The summed E-state index contributed by atoms with van der Waals surface area (Å²) in [6, 6.07) is 0. The fourth-order valence-electron chi connectivity index (χ4n) is 3.84. The highest BCUT2D eigenvalue weighted by Gasteiger charge is 2.51. The number of hydrogen-bond acceptors (Lipinski definition) is 1. The average molecular weight is 206 g/mol. The van der Waals surface area contributed by atoms with Gasteiger partial charge in [0.1, 0.15) is 0 Å². The van der Waals surface area contributed by atoms with Crippen LogP contribution in [-0.4, -0.2) is 5.78 Å². The van der Waals surface area contributed by atoms with Crippen molar-refractivity contribution in [1.29, 1.82) is 0 Å². The quantitative estimate of drug-likeness (QED) is 0.645. The van der Waals surface area contributed by atoms with Crippen LogP contribution < -0.4 is 0 Å². The minimum Gasteiger partial charge on any atom is -0.295 e. The maximum atomic E-state index is 10.9. The molecule has 0 spiro atoms. The lowest BCUT2D eigenvalue weighted by atomic mass is 9.67. The van der Waals surface area contributed by atoms with Gasteiger partial charge in [0.2, 0.25) is 0 Å². The Kier molecular flexibility index (Phi) is 2.74. The standard InChI is InChI=1S/C14H22O/c1-10(15)5-4-6-13-11-7-8-12(9-11)14(13,2)3/h4-5,11-13H,6-9H2,1-3H3/b5-4+/t11-,12-,13+/m0/s1. The molecule has 0 radical (unpaired) electrons. The summed E-state index contributed by atoms with van der Waals surface area (Å²) in [7, 11) is 0.